The molecule has 2 nitrogen and oxygen atoms in total. The van der Waals surface area contributed by atoms with E-state index in [2.05, 4.69) is 13.8 Å². The maximum Gasteiger partial charge on any atom is 0.165 e. The van der Waals surface area contributed by atoms with Gasteiger partial charge in [0.1, 0.15) is 0 Å². The highest BCUT2D eigenvalue weighted by molar-refractivity contribution is 5.30. The molecule has 0 aliphatic heterocycles. The van der Waals surface area contributed by atoms with E-state index in [4.69, 9.17) is 4.74 Å². The summed E-state index contributed by atoms with van der Waals surface area (Å²) in [6, 6.07) is 4.81. The molecule has 0 aliphatic carbocycles. The van der Waals surface area contributed by atoms with Crippen LogP contribution in [0.4, 0.5) is 4.39 Å². The van der Waals surface area contributed by atoms with Gasteiger partial charge in [-0.05, 0) is 37.0 Å². The van der Waals surface area contributed by atoms with Crippen LogP contribution in [0.5, 0.6) is 5.75 Å². The molecule has 0 aromatic heterocycles. The van der Waals surface area contributed by atoms with Crippen LogP contribution in [-0.4, -0.2) is 17.8 Å². The highest BCUT2D eigenvalue weighted by Crippen LogP contribution is 2.24. The third kappa shape index (κ3) is 4.35. The van der Waals surface area contributed by atoms with Crippen molar-refractivity contribution < 1.29 is 14.2 Å². The van der Waals surface area contributed by atoms with E-state index in [9.17, 15) is 9.50 Å². The third-order valence-electron chi connectivity index (χ3n) is 2.65. The Bertz CT molecular complexity index is 372. The van der Waals surface area contributed by atoms with Crippen molar-refractivity contribution in [3.8, 4) is 5.75 Å². The quantitative estimate of drug-likeness (QED) is 0.856. The van der Waals surface area contributed by atoms with Crippen LogP contribution in [0.2, 0.25) is 0 Å². The van der Waals surface area contributed by atoms with E-state index in [-0.39, 0.29) is 11.6 Å². The maximum absolute atomic E-state index is 13.5. The van der Waals surface area contributed by atoms with Gasteiger partial charge in [0.25, 0.3) is 0 Å². The van der Waals surface area contributed by atoms with Crippen LogP contribution in [0, 0.1) is 11.7 Å². The summed E-state index contributed by atoms with van der Waals surface area (Å²) in [5, 5.41) is 10.2. The van der Waals surface area contributed by atoms with Gasteiger partial charge in [0.2, 0.25) is 0 Å². The van der Waals surface area contributed by atoms with Crippen molar-refractivity contribution in [1.29, 1.82) is 0 Å². The number of hydrogen-bond donors (Lipinski definition) is 1. The Morgan fingerprint density at radius 2 is 2.06 bits per heavy atom. The Kier molecular flexibility index (Phi) is 4.52. The van der Waals surface area contributed by atoms with Crippen LogP contribution in [0.25, 0.3) is 0 Å². The van der Waals surface area contributed by atoms with Crippen molar-refractivity contribution in [2.45, 2.75) is 39.2 Å². The largest absolute Gasteiger partial charge is 0.494 e. The molecule has 0 fully saturated rings. The molecule has 0 radical (unpaired) electrons. The summed E-state index contributed by atoms with van der Waals surface area (Å²) < 4.78 is 18.3. The first kappa shape index (κ1) is 14.0. The molecule has 1 rings (SSSR count). The topological polar surface area (TPSA) is 29.5 Å². The van der Waals surface area contributed by atoms with Crippen molar-refractivity contribution >= 4 is 0 Å². The first-order chi connectivity index (χ1) is 7.84. The van der Waals surface area contributed by atoms with Gasteiger partial charge < -0.3 is 9.84 Å². The van der Waals surface area contributed by atoms with E-state index >= 15 is 0 Å². The lowest BCUT2D eigenvalue weighted by atomic mass is 9.88. The van der Waals surface area contributed by atoms with Crippen LogP contribution in [0.3, 0.4) is 0 Å². The molecule has 0 spiro atoms. The lowest BCUT2D eigenvalue weighted by Crippen LogP contribution is -2.29. The van der Waals surface area contributed by atoms with Gasteiger partial charge in [-0.25, -0.2) is 4.39 Å². The van der Waals surface area contributed by atoms with Gasteiger partial charge in [-0.15, -0.1) is 0 Å². The van der Waals surface area contributed by atoms with Gasteiger partial charge in [-0.3, -0.25) is 0 Å². The number of ether oxygens (including phenoxy) is 1. The number of halogens is 1. The highest BCUT2D eigenvalue weighted by atomic mass is 19.1. The minimum Gasteiger partial charge on any atom is -0.494 e. The molecule has 1 N–H and O–H groups in total. The molecule has 0 aliphatic rings. The molecular weight excluding hydrogens is 219 g/mol. The standard InChI is InChI=1S/C14H21FO2/c1-10(2)8-14(3,16)9-11-5-6-13(17-4)12(15)7-11/h5-7,10,16H,8-9H2,1-4H3. The molecule has 3 heteroatoms. The van der Waals surface area contributed by atoms with Crippen LogP contribution >= 0.6 is 0 Å². The Morgan fingerprint density at radius 1 is 1.41 bits per heavy atom. The minimum absolute atomic E-state index is 0.234. The van der Waals surface area contributed by atoms with Crippen LogP contribution < -0.4 is 4.74 Å². The number of benzene rings is 1. The van der Waals surface area contributed by atoms with Gasteiger partial charge in [0.15, 0.2) is 11.6 Å². The molecule has 1 aromatic rings. The zero-order valence-corrected chi connectivity index (χ0v) is 11.0. The van der Waals surface area contributed by atoms with Crippen molar-refractivity contribution in [1.82, 2.24) is 0 Å². The Hall–Kier alpha value is -1.09. The second-order valence-electron chi connectivity index (χ2n) is 5.24. The summed E-state index contributed by atoms with van der Waals surface area (Å²) in [5.41, 5.74) is -0.0104. The smallest absolute Gasteiger partial charge is 0.165 e. The first-order valence-electron chi connectivity index (χ1n) is 5.89. The average molecular weight is 240 g/mol. The van der Waals surface area contributed by atoms with E-state index < -0.39 is 5.60 Å². The van der Waals surface area contributed by atoms with Crippen LogP contribution in [-0.2, 0) is 6.42 Å². The summed E-state index contributed by atoms with van der Waals surface area (Å²) >= 11 is 0. The summed E-state index contributed by atoms with van der Waals surface area (Å²) in [6.45, 7) is 5.90. The Balaban J connectivity index is 2.78. The molecule has 0 amide bonds. The molecule has 0 bridgehead atoms. The summed E-state index contributed by atoms with van der Waals surface area (Å²) in [7, 11) is 1.44. The van der Waals surface area contributed by atoms with Crippen molar-refractivity contribution in [2.24, 2.45) is 5.92 Å². The highest BCUT2D eigenvalue weighted by Gasteiger charge is 2.22. The second-order valence-corrected chi connectivity index (χ2v) is 5.24. The fraction of sp³-hybridized carbons (Fsp3) is 0.571. The monoisotopic (exact) mass is 240 g/mol. The number of rotatable bonds is 5. The predicted octanol–water partition coefficient (Wildman–Crippen LogP) is 3.17. The molecule has 0 heterocycles. The summed E-state index contributed by atoms with van der Waals surface area (Å²) in [6.07, 6.45) is 1.15. The van der Waals surface area contributed by atoms with Crippen LogP contribution in [0.15, 0.2) is 18.2 Å². The molecular formula is C14H21FO2. The zero-order chi connectivity index (χ0) is 13.1. The molecule has 1 aromatic carbocycles. The molecule has 96 valence electrons. The number of methoxy groups -OCH3 is 1. The lowest BCUT2D eigenvalue weighted by Gasteiger charge is -2.25. The average Bonchev–Trinajstić information content (AvgIpc) is 2.14. The molecule has 0 saturated heterocycles. The van der Waals surface area contributed by atoms with E-state index in [1.54, 1.807) is 19.1 Å². The maximum atomic E-state index is 13.5. The minimum atomic E-state index is -0.796. The van der Waals surface area contributed by atoms with Crippen molar-refractivity contribution in [3.63, 3.8) is 0 Å². The molecule has 1 unspecified atom stereocenters. The fourth-order valence-corrected chi connectivity index (χ4v) is 2.21. The first-order valence-corrected chi connectivity index (χ1v) is 5.89. The molecule has 1 atom stereocenters. The third-order valence-corrected chi connectivity index (χ3v) is 2.65. The van der Waals surface area contributed by atoms with Gasteiger partial charge >= 0.3 is 0 Å². The number of hydrogen-bond acceptors (Lipinski definition) is 2. The lowest BCUT2D eigenvalue weighted by molar-refractivity contribution is 0.0387. The summed E-state index contributed by atoms with van der Waals surface area (Å²) in [4.78, 5) is 0. The van der Waals surface area contributed by atoms with Gasteiger partial charge in [-0.1, -0.05) is 19.9 Å². The van der Waals surface area contributed by atoms with E-state index in [0.717, 1.165) is 5.56 Å². The van der Waals surface area contributed by atoms with Gasteiger partial charge in [0, 0.05) is 6.42 Å². The summed E-state index contributed by atoms with van der Waals surface area (Å²) in [5.74, 6) is 0.260. The number of aliphatic hydroxyl groups is 1. The van der Waals surface area contributed by atoms with E-state index in [1.807, 2.05) is 0 Å². The van der Waals surface area contributed by atoms with Gasteiger partial charge in [0.05, 0.1) is 12.7 Å². The normalized spacial score (nSPS) is 14.8. The van der Waals surface area contributed by atoms with E-state index in [0.29, 0.717) is 18.8 Å². The van der Waals surface area contributed by atoms with Crippen molar-refractivity contribution in [2.75, 3.05) is 7.11 Å². The molecule has 17 heavy (non-hydrogen) atoms. The van der Waals surface area contributed by atoms with Gasteiger partial charge in [-0.2, -0.15) is 0 Å². The molecule has 0 saturated carbocycles. The Labute approximate surface area is 102 Å². The fourth-order valence-electron chi connectivity index (χ4n) is 2.21. The van der Waals surface area contributed by atoms with E-state index in [1.165, 1.54) is 13.2 Å². The Morgan fingerprint density at radius 3 is 2.53 bits per heavy atom. The zero-order valence-electron chi connectivity index (χ0n) is 11.0. The van der Waals surface area contributed by atoms with Crippen molar-refractivity contribution in [3.05, 3.63) is 29.6 Å². The predicted molar refractivity (Wildman–Crippen MR) is 66.7 cm³/mol. The second kappa shape index (κ2) is 5.50. The SMILES string of the molecule is COc1ccc(CC(C)(O)CC(C)C)cc1F. The van der Waals surface area contributed by atoms with Crippen LogP contribution in [0.1, 0.15) is 32.8 Å².